The summed E-state index contributed by atoms with van der Waals surface area (Å²) in [6.45, 7) is 4.29. The molecule has 0 saturated carbocycles. The number of nitrogens with one attached hydrogen (secondary N) is 1. The Morgan fingerprint density at radius 1 is 0.720 bits per heavy atom. The third kappa shape index (κ3) is 2.92. The van der Waals surface area contributed by atoms with E-state index in [1.54, 1.807) is 0 Å². The molecular formula is C24H23N. The lowest BCUT2D eigenvalue weighted by atomic mass is 10.0. The molecule has 0 fully saturated rings. The van der Waals surface area contributed by atoms with Crippen LogP contribution in [-0.2, 0) is 0 Å². The average molecular weight is 325 g/mol. The zero-order valence-electron chi connectivity index (χ0n) is 15.0. The van der Waals surface area contributed by atoms with Crippen LogP contribution in [0.25, 0.3) is 23.3 Å². The lowest BCUT2D eigenvalue weighted by molar-refractivity contribution is 0.707. The van der Waals surface area contributed by atoms with Crippen LogP contribution in [0.15, 0.2) is 60.7 Å². The molecule has 0 spiro atoms. The largest absolute Gasteiger partial charge is 0.309 e. The van der Waals surface area contributed by atoms with Gasteiger partial charge in [-0.15, -0.1) is 0 Å². The normalized spacial score (nSPS) is 15.4. The average Bonchev–Trinajstić information content (AvgIpc) is 2.92. The van der Waals surface area contributed by atoms with E-state index in [-0.39, 0.29) is 0 Å². The quantitative estimate of drug-likeness (QED) is 0.603. The minimum atomic E-state index is 0.292. The fourth-order valence-corrected chi connectivity index (χ4v) is 3.76. The van der Waals surface area contributed by atoms with E-state index in [2.05, 4.69) is 92.0 Å². The van der Waals surface area contributed by atoms with Crippen molar-refractivity contribution in [1.29, 1.82) is 0 Å². The van der Waals surface area contributed by atoms with Crippen LogP contribution in [0.1, 0.15) is 39.4 Å². The third-order valence-corrected chi connectivity index (χ3v) is 5.00. The van der Waals surface area contributed by atoms with Crippen LogP contribution in [0.5, 0.6) is 0 Å². The zero-order valence-corrected chi connectivity index (χ0v) is 15.0. The first kappa shape index (κ1) is 15.9. The number of aryl methyl sites for hydroxylation is 2. The van der Waals surface area contributed by atoms with Gasteiger partial charge in [0, 0.05) is 0 Å². The molecule has 0 heterocycles. The van der Waals surface area contributed by atoms with Crippen molar-refractivity contribution in [3.63, 3.8) is 0 Å². The molecule has 124 valence electrons. The Morgan fingerprint density at radius 2 is 1.36 bits per heavy atom. The second-order valence-corrected chi connectivity index (χ2v) is 6.91. The molecule has 0 aliphatic heterocycles. The first-order chi connectivity index (χ1) is 12.2. The van der Waals surface area contributed by atoms with Gasteiger partial charge in [0.05, 0.1) is 6.04 Å². The fraction of sp³-hybridized carbons (Fsp3) is 0.167. The molecule has 1 atom stereocenters. The highest BCUT2D eigenvalue weighted by Crippen LogP contribution is 2.44. The second kappa shape index (κ2) is 6.34. The summed E-state index contributed by atoms with van der Waals surface area (Å²) in [5.74, 6) is 0. The summed E-state index contributed by atoms with van der Waals surface area (Å²) < 4.78 is 0. The van der Waals surface area contributed by atoms with E-state index < -0.39 is 0 Å². The van der Waals surface area contributed by atoms with Crippen molar-refractivity contribution in [2.45, 2.75) is 19.9 Å². The first-order valence-electron chi connectivity index (χ1n) is 8.82. The Morgan fingerprint density at radius 3 is 2.08 bits per heavy atom. The second-order valence-electron chi connectivity index (χ2n) is 6.91. The molecule has 4 rings (SSSR count). The van der Waals surface area contributed by atoms with Crippen molar-refractivity contribution in [2.24, 2.45) is 0 Å². The van der Waals surface area contributed by atoms with Gasteiger partial charge in [0.15, 0.2) is 0 Å². The fourth-order valence-electron chi connectivity index (χ4n) is 3.76. The maximum atomic E-state index is 3.46. The van der Waals surface area contributed by atoms with Crippen LogP contribution < -0.4 is 5.32 Å². The predicted octanol–water partition coefficient (Wildman–Crippen LogP) is 5.76. The summed E-state index contributed by atoms with van der Waals surface area (Å²) in [4.78, 5) is 0. The van der Waals surface area contributed by atoms with Gasteiger partial charge in [0.1, 0.15) is 0 Å². The molecule has 0 radical (unpaired) electrons. The van der Waals surface area contributed by atoms with E-state index in [9.17, 15) is 0 Å². The molecule has 0 bridgehead atoms. The Balaban J connectivity index is 1.74. The standard InChI is InChI=1S/C24H23N/c1-16-5-4-6-18(13-16)8-9-19-10-12-21-23(15-19)22-14-17(2)7-11-20(22)24(21)25-3/h4-15,24-25H,1-3H3. The Labute approximate surface area is 150 Å². The molecule has 3 aromatic rings. The van der Waals surface area contributed by atoms with Crippen molar-refractivity contribution in [3.8, 4) is 11.1 Å². The van der Waals surface area contributed by atoms with Crippen LogP contribution in [0.2, 0.25) is 0 Å². The van der Waals surface area contributed by atoms with Gasteiger partial charge in [0.2, 0.25) is 0 Å². The topological polar surface area (TPSA) is 12.0 Å². The van der Waals surface area contributed by atoms with Crippen molar-refractivity contribution in [3.05, 3.63) is 94.0 Å². The lowest BCUT2D eigenvalue weighted by Gasteiger charge is -2.12. The summed E-state index contributed by atoms with van der Waals surface area (Å²) in [5.41, 5.74) is 10.5. The van der Waals surface area contributed by atoms with Gasteiger partial charge >= 0.3 is 0 Å². The number of fused-ring (bicyclic) bond motifs is 3. The predicted molar refractivity (Wildman–Crippen MR) is 108 cm³/mol. The maximum absolute atomic E-state index is 3.46. The Bertz CT molecular complexity index is 966. The zero-order chi connectivity index (χ0) is 17.4. The minimum absolute atomic E-state index is 0.292. The van der Waals surface area contributed by atoms with Crippen molar-refractivity contribution in [2.75, 3.05) is 7.05 Å². The molecule has 1 aliphatic rings. The van der Waals surface area contributed by atoms with Crippen molar-refractivity contribution >= 4 is 12.2 Å². The maximum Gasteiger partial charge on any atom is 0.0586 e. The first-order valence-corrected chi connectivity index (χ1v) is 8.82. The highest BCUT2D eigenvalue weighted by Gasteiger charge is 2.27. The number of benzene rings is 3. The van der Waals surface area contributed by atoms with Gasteiger partial charge in [-0.3, -0.25) is 0 Å². The molecule has 0 amide bonds. The van der Waals surface area contributed by atoms with E-state index in [0.29, 0.717) is 6.04 Å². The summed E-state index contributed by atoms with van der Waals surface area (Å²) in [5, 5.41) is 3.46. The lowest BCUT2D eigenvalue weighted by Crippen LogP contribution is -2.14. The van der Waals surface area contributed by atoms with Gasteiger partial charge in [-0.25, -0.2) is 0 Å². The third-order valence-electron chi connectivity index (χ3n) is 5.00. The molecule has 1 N–H and O–H groups in total. The molecule has 1 aliphatic carbocycles. The molecule has 0 aromatic heterocycles. The summed E-state index contributed by atoms with van der Waals surface area (Å²) in [6, 6.07) is 22.4. The van der Waals surface area contributed by atoms with Crippen molar-refractivity contribution < 1.29 is 0 Å². The van der Waals surface area contributed by atoms with Crippen molar-refractivity contribution in [1.82, 2.24) is 5.32 Å². The van der Waals surface area contributed by atoms with Gasteiger partial charge in [-0.05, 0) is 60.3 Å². The number of rotatable bonds is 3. The van der Waals surface area contributed by atoms with Crippen LogP contribution in [0, 0.1) is 13.8 Å². The Hall–Kier alpha value is -2.64. The van der Waals surface area contributed by atoms with E-state index in [1.807, 2.05) is 7.05 Å². The van der Waals surface area contributed by atoms with Crippen LogP contribution in [0.4, 0.5) is 0 Å². The summed E-state index contributed by atoms with van der Waals surface area (Å²) in [6.07, 6.45) is 4.40. The molecule has 3 aromatic carbocycles. The Kier molecular flexibility index (Phi) is 4.03. The van der Waals surface area contributed by atoms with Crippen LogP contribution in [-0.4, -0.2) is 7.05 Å². The molecule has 25 heavy (non-hydrogen) atoms. The molecule has 0 saturated heterocycles. The van der Waals surface area contributed by atoms with Gasteiger partial charge in [0.25, 0.3) is 0 Å². The van der Waals surface area contributed by atoms with E-state index in [4.69, 9.17) is 0 Å². The molecule has 1 unspecified atom stereocenters. The van der Waals surface area contributed by atoms with Crippen LogP contribution in [0.3, 0.4) is 0 Å². The van der Waals surface area contributed by atoms with E-state index in [0.717, 1.165) is 0 Å². The van der Waals surface area contributed by atoms with Gasteiger partial charge in [-0.1, -0.05) is 77.9 Å². The number of hydrogen-bond donors (Lipinski definition) is 1. The monoisotopic (exact) mass is 325 g/mol. The van der Waals surface area contributed by atoms with Gasteiger partial charge in [-0.2, -0.15) is 0 Å². The van der Waals surface area contributed by atoms with E-state index in [1.165, 1.54) is 44.5 Å². The van der Waals surface area contributed by atoms with Crippen LogP contribution >= 0.6 is 0 Å². The molecule has 1 heteroatoms. The summed E-state index contributed by atoms with van der Waals surface area (Å²) >= 11 is 0. The molecular weight excluding hydrogens is 302 g/mol. The highest BCUT2D eigenvalue weighted by atomic mass is 14.9. The molecule has 1 nitrogen and oxygen atoms in total. The van der Waals surface area contributed by atoms with Gasteiger partial charge < -0.3 is 5.32 Å². The smallest absolute Gasteiger partial charge is 0.0586 e. The van der Waals surface area contributed by atoms with E-state index >= 15 is 0 Å². The highest BCUT2D eigenvalue weighted by molar-refractivity contribution is 5.82. The SMILES string of the molecule is CNC1c2ccc(C)cc2-c2cc(C=Cc3cccc(C)c3)ccc21. The summed E-state index contributed by atoms with van der Waals surface area (Å²) in [7, 11) is 2.04. The minimum Gasteiger partial charge on any atom is -0.309 e. The number of hydrogen-bond acceptors (Lipinski definition) is 1.